The zero-order valence-corrected chi connectivity index (χ0v) is 7.43. The molecule has 0 aromatic carbocycles. The smallest absolute Gasteiger partial charge is 0.191 e. The van der Waals surface area contributed by atoms with E-state index in [1.54, 1.807) is 23.1 Å². The van der Waals surface area contributed by atoms with Crippen molar-refractivity contribution in [2.75, 3.05) is 5.75 Å². The van der Waals surface area contributed by atoms with E-state index in [9.17, 15) is 4.79 Å². The number of Topliss-reactive ketones (excluding diaryl/α,β-unsaturated/α-hetero) is 1. The van der Waals surface area contributed by atoms with Gasteiger partial charge in [0.15, 0.2) is 5.78 Å². The molecular weight excluding hydrogens is 176 g/mol. The SMILES string of the molecule is C=C1CSc2sccc2C1=O. The average molecular weight is 182 g/mol. The van der Waals surface area contributed by atoms with Gasteiger partial charge in [-0.05, 0) is 11.4 Å². The zero-order valence-electron chi connectivity index (χ0n) is 5.79. The van der Waals surface area contributed by atoms with E-state index in [0.29, 0.717) is 0 Å². The molecule has 0 fully saturated rings. The second-order valence-corrected chi connectivity index (χ2v) is 4.50. The monoisotopic (exact) mass is 182 g/mol. The number of fused-ring (bicyclic) bond motifs is 1. The number of hydrogen-bond acceptors (Lipinski definition) is 3. The molecule has 1 aromatic heterocycles. The number of hydrogen-bond donors (Lipinski definition) is 0. The van der Waals surface area contributed by atoms with Crippen LogP contribution in [0, 0.1) is 0 Å². The first-order valence-corrected chi connectivity index (χ1v) is 5.08. The first-order chi connectivity index (χ1) is 5.29. The van der Waals surface area contributed by atoms with Gasteiger partial charge in [-0.3, -0.25) is 4.79 Å². The van der Waals surface area contributed by atoms with Crippen molar-refractivity contribution in [3.8, 4) is 0 Å². The highest BCUT2D eigenvalue weighted by molar-refractivity contribution is 8.01. The number of ketones is 1. The Kier molecular flexibility index (Phi) is 1.62. The van der Waals surface area contributed by atoms with Gasteiger partial charge in [-0.1, -0.05) is 6.58 Å². The predicted octanol–water partition coefficient (Wildman–Crippen LogP) is 2.59. The third-order valence-corrected chi connectivity index (χ3v) is 3.90. The van der Waals surface area contributed by atoms with Crippen molar-refractivity contribution in [2.24, 2.45) is 0 Å². The number of thioether (sulfide) groups is 1. The summed E-state index contributed by atoms with van der Waals surface area (Å²) < 4.78 is 1.14. The minimum Gasteiger partial charge on any atom is -0.289 e. The maximum absolute atomic E-state index is 11.4. The van der Waals surface area contributed by atoms with Crippen molar-refractivity contribution in [1.82, 2.24) is 0 Å². The fourth-order valence-corrected chi connectivity index (χ4v) is 2.97. The Morgan fingerprint density at radius 1 is 1.55 bits per heavy atom. The molecule has 0 radical (unpaired) electrons. The Balaban J connectivity index is 2.54. The fraction of sp³-hybridized carbons (Fsp3) is 0.125. The molecule has 0 aliphatic carbocycles. The largest absolute Gasteiger partial charge is 0.289 e. The minimum absolute atomic E-state index is 0.125. The van der Waals surface area contributed by atoms with Crippen LogP contribution in [0.5, 0.6) is 0 Å². The van der Waals surface area contributed by atoms with Gasteiger partial charge < -0.3 is 0 Å². The molecule has 1 aliphatic rings. The van der Waals surface area contributed by atoms with Gasteiger partial charge in [0.1, 0.15) is 0 Å². The first-order valence-electron chi connectivity index (χ1n) is 3.22. The number of carbonyl (C=O) groups is 1. The third-order valence-electron chi connectivity index (χ3n) is 1.57. The van der Waals surface area contributed by atoms with E-state index in [2.05, 4.69) is 6.58 Å². The highest BCUT2D eigenvalue weighted by Gasteiger charge is 2.21. The molecule has 0 saturated heterocycles. The van der Waals surface area contributed by atoms with E-state index in [4.69, 9.17) is 0 Å². The summed E-state index contributed by atoms with van der Waals surface area (Å²) in [6.07, 6.45) is 0. The van der Waals surface area contributed by atoms with Crippen molar-refractivity contribution in [1.29, 1.82) is 0 Å². The normalized spacial score (nSPS) is 16.7. The van der Waals surface area contributed by atoms with Crippen LogP contribution in [0.3, 0.4) is 0 Å². The van der Waals surface area contributed by atoms with E-state index < -0.39 is 0 Å². The van der Waals surface area contributed by atoms with Gasteiger partial charge in [-0.2, -0.15) is 0 Å². The van der Waals surface area contributed by atoms with Crippen LogP contribution in [0.25, 0.3) is 0 Å². The quantitative estimate of drug-likeness (QED) is 0.574. The first kappa shape index (κ1) is 7.13. The second-order valence-electron chi connectivity index (χ2n) is 2.34. The number of thiophene rings is 1. The Morgan fingerprint density at radius 3 is 3.18 bits per heavy atom. The molecular formula is C8H6OS2. The zero-order chi connectivity index (χ0) is 7.84. The lowest BCUT2D eigenvalue weighted by atomic mass is 10.1. The summed E-state index contributed by atoms with van der Waals surface area (Å²) >= 11 is 3.34. The van der Waals surface area contributed by atoms with E-state index in [1.807, 2.05) is 11.4 Å². The molecule has 1 nitrogen and oxygen atoms in total. The maximum atomic E-state index is 11.4. The summed E-state index contributed by atoms with van der Waals surface area (Å²) in [6.45, 7) is 3.71. The third kappa shape index (κ3) is 1.04. The van der Waals surface area contributed by atoms with Crippen LogP contribution < -0.4 is 0 Å². The van der Waals surface area contributed by atoms with Crippen LogP contribution in [0.2, 0.25) is 0 Å². The van der Waals surface area contributed by atoms with Crippen molar-refractivity contribution in [2.45, 2.75) is 4.21 Å². The molecule has 0 spiro atoms. The Labute approximate surface area is 73.1 Å². The Bertz CT molecular complexity index is 325. The summed E-state index contributed by atoms with van der Waals surface area (Å²) in [6, 6.07) is 1.87. The van der Waals surface area contributed by atoms with E-state index in [-0.39, 0.29) is 5.78 Å². The van der Waals surface area contributed by atoms with Gasteiger partial charge in [-0.25, -0.2) is 0 Å². The lowest BCUT2D eigenvalue weighted by Gasteiger charge is -2.10. The minimum atomic E-state index is 0.125. The molecule has 1 aliphatic heterocycles. The molecule has 2 rings (SSSR count). The van der Waals surface area contributed by atoms with Crippen molar-refractivity contribution >= 4 is 28.9 Å². The average Bonchev–Trinajstić information content (AvgIpc) is 2.45. The molecule has 0 bridgehead atoms. The molecule has 11 heavy (non-hydrogen) atoms. The molecule has 2 heterocycles. The molecule has 1 aromatic rings. The van der Waals surface area contributed by atoms with Crippen LogP contribution in [-0.2, 0) is 0 Å². The van der Waals surface area contributed by atoms with E-state index >= 15 is 0 Å². The Hall–Kier alpha value is -0.540. The van der Waals surface area contributed by atoms with Gasteiger partial charge in [0.25, 0.3) is 0 Å². The lowest BCUT2D eigenvalue weighted by Crippen LogP contribution is -2.08. The summed E-state index contributed by atoms with van der Waals surface area (Å²) in [4.78, 5) is 11.4. The van der Waals surface area contributed by atoms with Crippen LogP contribution in [-0.4, -0.2) is 11.5 Å². The van der Waals surface area contributed by atoms with Crippen LogP contribution in [0.1, 0.15) is 10.4 Å². The predicted molar refractivity (Wildman–Crippen MR) is 48.5 cm³/mol. The Morgan fingerprint density at radius 2 is 2.36 bits per heavy atom. The summed E-state index contributed by atoms with van der Waals surface area (Å²) in [7, 11) is 0. The van der Waals surface area contributed by atoms with Crippen LogP contribution in [0.15, 0.2) is 27.8 Å². The molecule has 0 amide bonds. The molecule has 0 saturated carbocycles. The second kappa shape index (κ2) is 2.50. The molecule has 3 heteroatoms. The molecule has 0 N–H and O–H groups in total. The fourth-order valence-electron chi connectivity index (χ4n) is 0.984. The summed E-state index contributed by atoms with van der Waals surface area (Å²) in [5, 5.41) is 1.95. The van der Waals surface area contributed by atoms with Gasteiger partial charge >= 0.3 is 0 Å². The van der Waals surface area contributed by atoms with Gasteiger partial charge in [0.2, 0.25) is 0 Å². The molecule has 0 unspecified atom stereocenters. The van der Waals surface area contributed by atoms with Crippen molar-refractivity contribution in [3.63, 3.8) is 0 Å². The van der Waals surface area contributed by atoms with Crippen LogP contribution >= 0.6 is 23.1 Å². The van der Waals surface area contributed by atoms with Gasteiger partial charge in [-0.15, -0.1) is 23.1 Å². The maximum Gasteiger partial charge on any atom is 0.191 e. The molecule has 56 valence electrons. The van der Waals surface area contributed by atoms with E-state index in [0.717, 1.165) is 21.1 Å². The standard InChI is InChI=1S/C8H6OS2/c1-5-4-11-8-6(7(5)9)2-3-10-8/h2-3H,1,4H2. The molecule has 0 atom stereocenters. The number of carbonyl (C=O) groups excluding carboxylic acids is 1. The van der Waals surface area contributed by atoms with Gasteiger partial charge in [0, 0.05) is 16.9 Å². The van der Waals surface area contributed by atoms with Gasteiger partial charge in [0.05, 0.1) is 4.21 Å². The highest BCUT2D eigenvalue weighted by Crippen LogP contribution is 2.35. The topological polar surface area (TPSA) is 17.1 Å². The number of rotatable bonds is 0. The summed E-state index contributed by atoms with van der Waals surface area (Å²) in [5.41, 5.74) is 1.57. The highest BCUT2D eigenvalue weighted by atomic mass is 32.2. The lowest BCUT2D eigenvalue weighted by molar-refractivity contribution is 0.103. The van der Waals surface area contributed by atoms with Crippen LogP contribution in [0.4, 0.5) is 0 Å². The van der Waals surface area contributed by atoms with Crippen molar-refractivity contribution in [3.05, 3.63) is 29.2 Å². The van der Waals surface area contributed by atoms with E-state index in [1.165, 1.54) is 0 Å². The van der Waals surface area contributed by atoms with Crippen molar-refractivity contribution < 1.29 is 4.79 Å². The summed E-state index contributed by atoms with van der Waals surface area (Å²) in [5.74, 6) is 0.881.